The van der Waals surface area contributed by atoms with Gasteiger partial charge in [0.1, 0.15) is 10.6 Å². The van der Waals surface area contributed by atoms with Crippen LogP contribution in [0.4, 0.5) is 13.2 Å². The fourth-order valence-electron chi connectivity index (χ4n) is 3.73. The summed E-state index contributed by atoms with van der Waals surface area (Å²) >= 11 is 1.29. The lowest BCUT2D eigenvalue weighted by atomic mass is 10.1. The number of carbonyl (C=O) groups excluding carboxylic acids is 1. The number of hydrogen-bond acceptors (Lipinski definition) is 6. The first-order chi connectivity index (χ1) is 16.6. The highest BCUT2D eigenvalue weighted by Gasteiger charge is 2.32. The minimum absolute atomic E-state index is 0.0326. The number of benzene rings is 2. The van der Waals surface area contributed by atoms with Gasteiger partial charge in [-0.2, -0.15) is 21.6 Å². The van der Waals surface area contributed by atoms with Crippen LogP contribution < -0.4 is 4.18 Å². The monoisotopic (exact) mass is 525 g/mol. The molecule has 0 saturated carbocycles. The van der Waals surface area contributed by atoms with Gasteiger partial charge in [-0.1, -0.05) is 30.3 Å². The van der Waals surface area contributed by atoms with E-state index in [9.17, 15) is 26.4 Å². The summed E-state index contributed by atoms with van der Waals surface area (Å²) in [6.07, 6.45) is -3.15. The van der Waals surface area contributed by atoms with Gasteiger partial charge < -0.3 is 13.8 Å². The van der Waals surface area contributed by atoms with Crippen molar-refractivity contribution in [2.75, 3.05) is 13.2 Å². The number of alkyl halides is 3. The molecule has 0 aliphatic carbocycles. The Morgan fingerprint density at radius 1 is 1.11 bits per heavy atom. The number of hydrogen-bond donors (Lipinski definition) is 0. The van der Waals surface area contributed by atoms with E-state index in [0.717, 1.165) is 31.0 Å². The minimum atomic E-state index is -4.70. The normalized spacial score (nSPS) is 16.3. The van der Waals surface area contributed by atoms with Crippen molar-refractivity contribution in [3.63, 3.8) is 0 Å². The summed E-state index contributed by atoms with van der Waals surface area (Å²) in [4.78, 5) is 14.6. The zero-order chi connectivity index (χ0) is 25.1. The summed E-state index contributed by atoms with van der Waals surface area (Å²) in [5, 5.41) is 1.79. The summed E-state index contributed by atoms with van der Waals surface area (Å²) in [5.74, 6) is -0.299. The molecule has 1 aliphatic rings. The summed E-state index contributed by atoms with van der Waals surface area (Å²) in [6.45, 7) is 0.955. The maximum Gasteiger partial charge on any atom is 0.416 e. The molecule has 0 radical (unpaired) electrons. The second-order valence-electron chi connectivity index (χ2n) is 7.97. The molecule has 1 fully saturated rings. The summed E-state index contributed by atoms with van der Waals surface area (Å²) in [7, 11) is -4.57. The predicted octanol–water partition coefficient (Wildman–Crippen LogP) is 5.36. The van der Waals surface area contributed by atoms with E-state index in [1.807, 2.05) is 0 Å². The molecule has 0 unspecified atom stereocenters. The molecule has 1 aromatic heterocycles. The molecule has 1 aliphatic heterocycles. The Morgan fingerprint density at radius 3 is 2.60 bits per heavy atom. The number of para-hydroxylation sites is 1. The number of nitrogens with zero attached hydrogens (tertiary/aromatic N) is 1. The van der Waals surface area contributed by atoms with Crippen LogP contribution in [0.5, 0.6) is 5.75 Å². The first-order valence-electron chi connectivity index (χ1n) is 10.8. The maximum absolute atomic E-state index is 13.2. The van der Waals surface area contributed by atoms with Crippen LogP contribution in [0.15, 0.2) is 70.9 Å². The van der Waals surface area contributed by atoms with Crippen LogP contribution >= 0.6 is 11.3 Å². The van der Waals surface area contributed by atoms with E-state index in [4.69, 9.17) is 8.92 Å². The quantitative estimate of drug-likeness (QED) is 0.371. The molecule has 0 N–H and O–H groups in total. The molecule has 11 heteroatoms. The number of ether oxygens (including phenoxy) is 1. The van der Waals surface area contributed by atoms with Gasteiger partial charge in [0.25, 0.3) is 5.91 Å². The van der Waals surface area contributed by atoms with Gasteiger partial charge in [-0.15, -0.1) is 11.3 Å². The second-order valence-corrected chi connectivity index (χ2v) is 10.5. The van der Waals surface area contributed by atoms with Crippen LogP contribution in [0.1, 0.15) is 33.6 Å². The van der Waals surface area contributed by atoms with Crippen LogP contribution in [0.25, 0.3) is 0 Å². The largest absolute Gasteiger partial charge is 0.416 e. The molecule has 4 rings (SSSR count). The lowest BCUT2D eigenvalue weighted by molar-refractivity contribution is -0.137. The Labute approximate surface area is 205 Å². The molecule has 2 heterocycles. The lowest BCUT2D eigenvalue weighted by Crippen LogP contribution is -2.36. The third-order valence-corrected chi connectivity index (χ3v) is 7.54. The summed E-state index contributed by atoms with van der Waals surface area (Å²) in [5.41, 5.74) is -0.703. The predicted molar refractivity (Wildman–Crippen MR) is 124 cm³/mol. The number of halogens is 3. The van der Waals surface area contributed by atoms with Gasteiger partial charge in [-0.05, 0) is 48.6 Å². The number of carbonyl (C=O) groups is 1. The van der Waals surface area contributed by atoms with Crippen LogP contribution in [0.2, 0.25) is 0 Å². The van der Waals surface area contributed by atoms with Crippen molar-refractivity contribution in [2.45, 2.75) is 36.6 Å². The smallest absolute Gasteiger partial charge is 0.379 e. The fraction of sp³-hybridized carbons (Fsp3) is 0.292. The van der Waals surface area contributed by atoms with Crippen molar-refractivity contribution in [1.82, 2.24) is 4.90 Å². The van der Waals surface area contributed by atoms with E-state index in [1.165, 1.54) is 17.4 Å². The molecular weight excluding hydrogens is 503 g/mol. The van der Waals surface area contributed by atoms with Crippen LogP contribution in [-0.2, 0) is 27.6 Å². The SMILES string of the molecule is O=C(c1cccs1)N(Cc1ccccc1OS(=O)(=O)c1cccc(C(F)(F)F)c1)C[C@@H]1CCCO1. The summed E-state index contributed by atoms with van der Waals surface area (Å²) in [6, 6.07) is 13.1. The third-order valence-electron chi connectivity index (χ3n) is 5.45. The zero-order valence-electron chi connectivity index (χ0n) is 18.4. The van der Waals surface area contributed by atoms with Crippen molar-refractivity contribution in [2.24, 2.45) is 0 Å². The lowest BCUT2D eigenvalue weighted by Gasteiger charge is -2.26. The first-order valence-corrected chi connectivity index (χ1v) is 13.1. The van der Waals surface area contributed by atoms with E-state index < -0.39 is 26.8 Å². The number of amides is 1. The molecule has 1 amide bonds. The molecule has 35 heavy (non-hydrogen) atoms. The molecule has 3 aromatic rings. The van der Waals surface area contributed by atoms with Crippen molar-refractivity contribution in [3.8, 4) is 5.75 Å². The Balaban J connectivity index is 1.60. The average molecular weight is 526 g/mol. The standard InChI is InChI=1S/C24H22F3NO5S2/c25-24(26,27)18-7-3-9-20(14-18)35(30,31)33-21-10-2-1-6-17(21)15-28(16-19-8-4-12-32-19)23(29)22-11-5-13-34-22/h1-3,5-7,9-11,13-14,19H,4,8,12,15-16H2/t19-/m0/s1. The fourth-order valence-corrected chi connectivity index (χ4v) is 5.43. The van der Waals surface area contributed by atoms with Crippen molar-refractivity contribution in [1.29, 1.82) is 0 Å². The first kappa shape index (κ1) is 25.2. The molecule has 1 saturated heterocycles. The minimum Gasteiger partial charge on any atom is -0.379 e. The Bertz CT molecular complexity index is 1270. The zero-order valence-corrected chi connectivity index (χ0v) is 20.0. The highest BCUT2D eigenvalue weighted by atomic mass is 32.2. The van der Waals surface area contributed by atoms with E-state index >= 15 is 0 Å². The van der Waals surface area contributed by atoms with Gasteiger partial charge >= 0.3 is 16.3 Å². The third kappa shape index (κ3) is 6.22. The van der Waals surface area contributed by atoms with Gasteiger partial charge in [-0.3, -0.25) is 4.79 Å². The van der Waals surface area contributed by atoms with Gasteiger partial charge in [-0.25, -0.2) is 0 Å². The second kappa shape index (κ2) is 10.4. The highest BCUT2D eigenvalue weighted by molar-refractivity contribution is 7.87. The molecule has 1 atom stereocenters. The Kier molecular flexibility index (Phi) is 7.48. The van der Waals surface area contributed by atoms with Crippen LogP contribution in [-0.4, -0.2) is 38.5 Å². The number of thiophene rings is 1. The topological polar surface area (TPSA) is 72.9 Å². The van der Waals surface area contributed by atoms with Gasteiger partial charge in [0.2, 0.25) is 0 Å². The molecule has 0 bridgehead atoms. The van der Waals surface area contributed by atoms with E-state index in [2.05, 4.69) is 0 Å². The van der Waals surface area contributed by atoms with E-state index in [0.29, 0.717) is 29.7 Å². The van der Waals surface area contributed by atoms with E-state index in [-0.39, 0.29) is 24.3 Å². The van der Waals surface area contributed by atoms with Crippen LogP contribution in [0.3, 0.4) is 0 Å². The molecule has 186 valence electrons. The van der Waals surface area contributed by atoms with Gasteiger partial charge in [0, 0.05) is 25.3 Å². The Hall–Kier alpha value is -2.89. The maximum atomic E-state index is 13.2. The van der Waals surface area contributed by atoms with E-state index in [1.54, 1.807) is 40.6 Å². The molecule has 2 aromatic carbocycles. The highest BCUT2D eigenvalue weighted by Crippen LogP contribution is 2.32. The molecule has 6 nitrogen and oxygen atoms in total. The van der Waals surface area contributed by atoms with Crippen molar-refractivity contribution < 1.29 is 35.3 Å². The van der Waals surface area contributed by atoms with Gasteiger partial charge in [0.05, 0.1) is 16.5 Å². The van der Waals surface area contributed by atoms with Crippen LogP contribution in [0, 0.1) is 0 Å². The molecular formula is C24H22F3NO5S2. The summed E-state index contributed by atoms with van der Waals surface area (Å²) < 4.78 is 75.8. The number of rotatable bonds is 8. The van der Waals surface area contributed by atoms with Gasteiger partial charge in [0.15, 0.2) is 0 Å². The van der Waals surface area contributed by atoms with Crippen molar-refractivity contribution >= 4 is 27.4 Å². The Morgan fingerprint density at radius 2 is 1.91 bits per heavy atom. The molecule has 0 spiro atoms. The average Bonchev–Trinajstić information content (AvgIpc) is 3.53. The van der Waals surface area contributed by atoms with Crippen molar-refractivity contribution in [3.05, 3.63) is 82.0 Å².